The summed E-state index contributed by atoms with van der Waals surface area (Å²) in [5.41, 5.74) is 4.01. The number of hydrogen-bond donors (Lipinski definition) is 2. The van der Waals surface area contributed by atoms with Crippen molar-refractivity contribution >= 4 is 39.6 Å². The molecular weight excluding hydrogens is 538 g/mol. The SMILES string of the molecule is CC1(C)Cc2c(c(-c3ccccc3)nc3oc(C(=O)c4ccccc4)c(N[S@](=O)NC(=O)c4ccccc4)c23)CO1. The number of aromatic nitrogens is 1. The van der Waals surface area contributed by atoms with Crippen LogP contribution in [-0.2, 0) is 28.9 Å². The van der Waals surface area contributed by atoms with Crippen LogP contribution in [0.1, 0.15) is 51.5 Å². The lowest BCUT2D eigenvalue weighted by atomic mass is 9.87. The fraction of sp³-hybridized carbons (Fsp3) is 0.156. The fourth-order valence-electron chi connectivity index (χ4n) is 5.00. The molecule has 5 aromatic rings. The number of furan rings is 1. The number of carbonyl (C=O) groups is 2. The third-order valence-corrected chi connectivity index (χ3v) is 7.73. The highest BCUT2D eigenvalue weighted by Crippen LogP contribution is 2.43. The second-order valence-electron chi connectivity index (χ2n) is 10.4. The van der Waals surface area contributed by atoms with Gasteiger partial charge in [0.2, 0.25) is 28.4 Å². The number of amides is 1. The predicted octanol–water partition coefficient (Wildman–Crippen LogP) is 6.00. The van der Waals surface area contributed by atoms with Crippen LogP contribution in [0.5, 0.6) is 0 Å². The van der Waals surface area contributed by atoms with Gasteiger partial charge in [-0.05, 0) is 31.5 Å². The first-order chi connectivity index (χ1) is 19.8. The number of nitrogens with zero attached hydrogens (tertiary/aromatic N) is 1. The Kier molecular flexibility index (Phi) is 6.98. The Labute approximate surface area is 239 Å². The van der Waals surface area contributed by atoms with Crippen LogP contribution in [-0.4, -0.2) is 26.5 Å². The first-order valence-electron chi connectivity index (χ1n) is 13.1. The van der Waals surface area contributed by atoms with Crippen molar-refractivity contribution in [3.63, 3.8) is 0 Å². The first kappa shape index (κ1) is 26.6. The average Bonchev–Trinajstić information content (AvgIpc) is 3.35. The Hall–Kier alpha value is -4.60. The highest BCUT2D eigenvalue weighted by atomic mass is 32.2. The Morgan fingerprint density at radius 3 is 2.12 bits per heavy atom. The van der Waals surface area contributed by atoms with Gasteiger partial charge >= 0.3 is 0 Å². The smallest absolute Gasteiger partial charge is 0.264 e. The molecule has 1 aliphatic rings. The largest absolute Gasteiger partial charge is 0.432 e. The number of hydrogen-bond acceptors (Lipinski definition) is 6. The molecule has 0 saturated heterocycles. The van der Waals surface area contributed by atoms with Crippen LogP contribution in [0, 0.1) is 0 Å². The zero-order valence-electron chi connectivity index (χ0n) is 22.5. The molecule has 1 aliphatic heterocycles. The maximum atomic E-state index is 13.7. The molecule has 41 heavy (non-hydrogen) atoms. The third kappa shape index (κ3) is 5.29. The monoisotopic (exact) mass is 565 g/mol. The van der Waals surface area contributed by atoms with Crippen molar-refractivity contribution in [2.24, 2.45) is 0 Å². The van der Waals surface area contributed by atoms with E-state index in [1.807, 2.05) is 50.2 Å². The zero-order chi connectivity index (χ0) is 28.6. The second kappa shape index (κ2) is 10.8. The van der Waals surface area contributed by atoms with Gasteiger partial charge in [0.1, 0.15) is 5.69 Å². The van der Waals surface area contributed by atoms with Gasteiger partial charge in [-0.15, -0.1) is 0 Å². The van der Waals surface area contributed by atoms with Crippen LogP contribution in [0.4, 0.5) is 5.69 Å². The Bertz CT molecular complexity index is 1780. The molecule has 2 aromatic heterocycles. The lowest BCUT2D eigenvalue weighted by molar-refractivity contribution is -0.0395. The van der Waals surface area contributed by atoms with Crippen LogP contribution in [0.25, 0.3) is 22.4 Å². The van der Waals surface area contributed by atoms with E-state index in [0.717, 1.165) is 16.7 Å². The summed E-state index contributed by atoms with van der Waals surface area (Å²) in [4.78, 5) is 31.3. The number of anilines is 1. The van der Waals surface area contributed by atoms with Crippen LogP contribution in [0.15, 0.2) is 95.4 Å². The number of nitrogens with one attached hydrogen (secondary N) is 2. The van der Waals surface area contributed by atoms with E-state index in [4.69, 9.17) is 14.1 Å². The van der Waals surface area contributed by atoms with Crippen molar-refractivity contribution in [1.82, 2.24) is 9.71 Å². The minimum atomic E-state index is -2.10. The number of carbonyl (C=O) groups excluding carboxylic acids is 2. The Morgan fingerprint density at radius 1 is 0.854 bits per heavy atom. The molecule has 0 saturated carbocycles. The molecule has 206 valence electrons. The number of fused-ring (bicyclic) bond motifs is 3. The summed E-state index contributed by atoms with van der Waals surface area (Å²) < 4.78 is 31.0. The van der Waals surface area contributed by atoms with Gasteiger partial charge in [-0.2, -0.15) is 0 Å². The van der Waals surface area contributed by atoms with Crippen LogP contribution >= 0.6 is 0 Å². The van der Waals surface area contributed by atoms with Gasteiger partial charge in [0.25, 0.3) is 5.91 Å². The predicted molar refractivity (Wildman–Crippen MR) is 158 cm³/mol. The van der Waals surface area contributed by atoms with Gasteiger partial charge in [0, 0.05) is 28.7 Å². The molecule has 8 nitrogen and oxygen atoms in total. The third-order valence-electron chi connectivity index (χ3n) is 6.97. The molecule has 2 N–H and O–H groups in total. The number of pyridine rings is 1. The summed E-state index contributed by atoms with van der Waals surface area (Å²) in [7, 11) is 0. The molecule has 0 bridgehead atoms. The zero-order valence-corrected chi connectivity index (χ0v) is 23.3. The summed E-state index contributed by atoms with van der Waals surface area (Å²) in [6, 6.07) is 26.9. The van der Waals surface area contributed by atoms with Crippen molar-refractivity contribution in [2.45, 2.75) is 32.5 Å². The van der Waals surface area contributed by atoms with Crippen molar-refractivity contribution < 1.29 is 23.0 Å². The number of rotatable bonds is 7. The van der Waals surface area contributed by atoms with E-state index in [-0.39, 0.29) is 17.2 Å². The Balaban J connectivity index is 1.52. The number of ketones is 1. The standard InChI is InChI=1S/C32H27N3O5S/c1-32(2)18-23-24(19-39-32)26(20-12-6-3-7-13-20)33-31-25(23)27(29(40-31)28(36)21-14-8-4-9-15-21)34-41(38)35-30(37)22-16-10-5-11-17-22/h3-17,34H,18-19H2,1-2H3,(H,35,37)/t41-/m0/s1. The highest BCUT2D eigenvalue weighted by Gasteiger charge is 2.35. The van der Waals surface area contributed by atoms with Gasteiger partial charge in [-0.3, -0.25) is 19.0 Å². The second-order valence-corrected chi connectivity index (χ2v) is 11.3. The highest BCUT2D eigenvalue weighted by molar-refractivity contribution is 7.85. The molecule has 0 aliphatic carbocycles. The fourth-order valence-corrected chi connectivity index (χ4v) is 5.72. The summed E-state index contributed by atoms with van der Waals surface area (Å²) >= 11 is -2.10. The lowest BCUT2D eigenvalue weighted by Crippen LogP contribution is -2.33. The van der Waals surface area contributed by atoms with Crippen molar-refractivity contribution in [2.75, 3.05) is 4.72 Å². The molecule has 3 aromatic carbocycles. The molecule has 3 heterocycles. The molecule has 0 radical (unpaired) electrons. The molecule has 0 spiro atoms. The molecule has 1 amide bonds. The van der Waals surface area contributed by atoms with E-state index < -0.39 is 28.5 Å². The van der Waals surface area contributed by atoms with Gasteiger partial charge in [-0.1, -0.05) is 78.9 Å². The van der Waals surface area contributed by atoms with Gasteiger partial charge < -0.3 is 9.15 Å². The van der Waals surface area contributed by atoms with Crippen LogP contribution < -0.4 is 9.44 Å². The van der Waals surface area contributed by atoms with Crippen molar-refractivity contribution in [3.05, 3.63) is 119 Å². The topological polar surface area (TPSA) is 111 Å². The molecular formula is C32H27N3O5S. The average molecular weight is 566 g/mol. The molecule has 0 fully saturated rings. The van der Waals surface area contributed by atoms with E-state index in [0.29, 0.717) is 35.2 Å². The maximum absolute atomic E-state index is 13.7. The molecule has 9 heteroatoms. The van der Waals surface area contributed by atoms with Gasteiger partial charge in [0.15, 0.2) is 0 Å². The minimum Gasteiger partial charge on any atom is -0.432 e. The Morgan fingerprint density at radius 2 is 1.46 bits per heavy atom. The van der Waals surface area contributed by atoms with E-state index in [1.165, 1.54) is 0 Å². The van der Waals surface area contributed by atoms with Gasteiger partial charge in [-0.25, -0.2) is 9.19 Å². The van der Waals surface area contributed by atoms with Crippen LogP contribution in [0.2, 0.25) is 0 Å². The van der Waals surface area contributed by atoms with E-state index >= 15 is 0 Å². The van der Waals surface area contributed by atoms with Gasteiger partial charge in [0.05, 0.1) is 23.3 Å². The number of ether oxygens (including phenoxy) is 1. The maximum Gasteiger partial charge on any atom is 0.264 e. The molecule has 6 rings (SSSR count). The van der Waals surface area contributed by atoms with Crippen molar-refractivity contribution in [3.8, 4) is 11.3 Å². The van der Waals surface area contributed by atoms with E-state index in [9.17, 15) is 13.8 Å². The summed E-state index contributed by atoms with van der Waals surface area (Å²) in [5, 5.41) is 0.539. The lowest BCUT2D eigenvalue weighted by Gasteiger charge is -2.33. The van der Waals surface area contributed by atoms with Crippen molar-refractivity contribution in [1.29, 1.82) is 0 Å². The summed E-state index contributed by atoms with van der Waals surface area (Å²) in [5.74, 6) is -0.974. The summed E-state index contributed by atoms with van der Waals surface area (Å²) in [6.07, 6.45) is 0.497. The first-order valence-corrected chi connectivity index (χ1v) is 14.3. The van der Waals surface area contributed by atoms with Crippen LogP contribution in [0.3, 0.4) is 0 Å². The quantitative estimate of drug-likeness (QED) is 0.234. The number of benzene rings is 3. The molecule has 1 atom stereocenters. The minimum absolute atomic E-state index is 0.0438. The molecule has 0 unspecified atom stereocenters. The normalized spacial score (nSPS) is 14.7. The van der Waals surface area contributed by atoms with E-state index in [2.05, 4.69) is 9.44 Å². The van der Waals surface area contributed by atoms with E-state index in [1.54, 1.807) is 54.6 Å². The summed E-state index contributed by atoms with van der Waals surface area (Å²) in [6.45, 7) is 4.29.